The minimum atomic E-state index is -0.0376. The lowest BCUT2D eigenvalue weighted by atomic mass is 10.0. The molecule has 20 heavy (non-hydrogen) atoms. The van der Waals surface area contributed by atoms with Crippen LogP contribution in [0, 0.1) is 13.8 Å². The molecule has 1 amide bonds. The Morgan fingerprint density at radius 2 is 1.85 bits per heavy atom. The fraction of sp³-hybridized carbons (Fsp3) is 0.235. The average molecular weight is 268 g/mol. The van der Waals surface area contributed by atoms with E-state index in [-0.39, 0.29) is 5.91 Å². The second-order valence-electron chi connectivity index (χ2n) is 5.03. The first-order chi connectivity index (χ1) is 9.60. The first kappa shape index (κ1) is 14.3. The molecule has 104 valence electrons. The first-order valence-electron chi connectivity index (χ1n) is 6.73. The van der Waals surface area contributed by atoms with E-state index in [0.717, 1.165) is 27.8 Å². The van der Waals surface area contributed by atoms with Crippen LogP contribution in [0.5, 0.6) is 0 Å². The van der Waals surface area contributed by atoms with Gasteiger partial charge in [0, 0.05) is 18.7 Å². The van der Waals surface area contributed by atoms with Crippen molar-refractivity contribution in [3.05, 3.63) is 70.3 Å². The van der Waals surface area contributed by atoms with Gasteiger partial charge in [-0.15, -0.1) is 0 Å². The molecule has 0 aliphatic heterocycles. The van der Waals surface area contributed by atoms with Crippen LogP contribution in [-0.2, 0) is 13.1 Å². The molecule has 3 nitrogen and oxygen atoms in total. The fourth-order valence-electron chi connectivity index (χ4n) is 2.12. The standard InChI is InChI=1S/C17H20N2O/c1-12-6-7-13(2)16(8-12)17(20)19-11-15-5-3-4-14(9-15)10-18/h3-9H,10-11,18H2,1-2H3,(H,19,20). The molecule has 3 N–H and O–H groups in total. The molecule has 0 spiro atoms. The molecule has 0 aromatic heterocycles. The first-order valence-corrected chi connectivity index (χ1v) is 6.73. The third-order valence-electron chi connectivity index (χ3n) is 3.32. The SMILES string of the molecule is Cc1ccc(C)c(C(=O)NCc2cccc(CN)c2)c1. The van der Waals surface area contributed by atoms with Crippen molar-refractivity contribution in [3.63, 3.8) is 0 Å². The number of carbonyl (C=O) groups is 1. The molecule has 0 unspecified atom stereocenters. The van der Waals surface area contributed by atoms with Gasteiger partial charge in [0.15, 0.2) is 0 Å². The van der Waals surface area contributed by atoms with E-state index in [4.69, 9.17) is 5.73 Å². The van der Waals surface area contributed by atoms with Gasteiger partial charge in [0.05, 0.1) is 0 Å². The summed E-state index contributed by atoms with van der Waals surface area (Å²) in [6, 6.07) is 13.8. The molecule has 2 rings (SSSR count). The zero-order chi connectivity index (χ0) is 14.5. The second-order valence-corrected chi connectivity index (χ2v) is 5.03. The maximum absolute atomic E-state index is 12.2. The largest absolute Gasteiger partial charge is 0.348 e. The Balaban J connectivity index is 2.06. The number of carbonyl (C=O) groups excluding carboxylic acids is 1. The van der Waals surface area contributed by atoms with Crippen molar-refractivity contribution in [1.82, 2.24) is 5.32 Å². The Labute approximate surface area is 119 Å². The summed E-state index contributed by atoms with van der Waals surface area (Å²) in [6.07, 6.45) is 0. The Morgan fingerprint density at radius 1 is 1.10 bits per heavy atom. The highest BCUT2D eigenvalue weighted by atomic mass is 16.1. The van der Waals surface area contributed by atoms with Crippen molar-refractivity contribution in [3.8, 4) is 0 Å². The molecule has 0 aliphatic carbocycles. The number of aryl methyl sites for hydroxylation is 2. The van der Waals surface area contributed by atoms with Gasteiger partial charge in [-0.3, -0.25) is 4.79 Å². The quantitative estimate of drug-likeness (QED) is 0.895. The summed E-state index contributed by atoms with van der Waals surface area (Å²) in [5, 5.41) is 2.95. The lowest BCUT2D eigenvalue weighted by molar-refractivity contribution is 0.0950. The van der Waals surface area contributed by atoms with E-state index in [0.29, 0.717) is 13.1 Å². The number of nitrogens with two attached hydrogens (primary N) is 1. The number of amides is 1. The lowest BCUT2D eigenvalue weighted by Gasteiger charge is -2.09. The molecule has 0 heterocycles. The predicted molar refractivity (Wildman–Crippen MR) is 81.4 cm³/mol. The van der Waals surface area contributed by atoms with Gasteiger partial charge >= 0.3 is 0 Å². The van der Waals surface area contributed by atoms with Crippen molar-refractivity contribution in [2.24, 2.45) is 5.73 Å². The zero-order valence-electron chi connectivity index (χ0n) is 11.9. The molecule has 0 bridgehead atoms. The Morgan fingerprint density at radius 3 is 2.60 bits per heavy atom. The molecule has 0 aliphatic rings. The molecule has 3 heteroatoms. The number of hydrogen-bond donors (Lipinski definition) is 2. The summed E-state index contributed by atoms with van der Waals surface area (Å²) in [6.45, 7) is 4.96. The maximum atomic E-state index is 12.2. The zero-order valence-corrected chi connectivity index (χ0v) is 11.9. The smallest absolute Gasteiger partial charge is 0.251 e. The van der Waals surface area contributed by atoms with E-state index in [1.807, 2.05) is 56.3 Å². The van der Waals surface area contributed by atoms with Crippen LogP contribution in [-0.4, -0.2) is 5.91 Å². The van der Waals surface area contributed by atoms with Crippen molar-refractivity contribution >= 4 is 5.91 Å². The lowest BCUT2D eigenvalue weighted by Crippen LogP contribution is -2.23. The van der Waals surface area contributed by atoms with Crippen LogP contribution < -0.4 is 11.1 Å². The third kappa shape index (κ3) is 3.45. The van der Waals surface area contributed by atoms with Crippen LogP contribution >= 0.6 is 0 Å². The van der Waals surface area contributed by atoms with Crippen LogP contribution in [0.2, 0.25) is 0 Å². The van der Waals surface area contributed by atoms with E-state index < -0.39 is 0 Å². The summed E-state index contributed by atoms with van der Waals surface area (Å²) in [7, 11) is 0. The monoisotopic (exact) mass is 268 g/mol. The van der Waals surface area contributed by atoms with Crippen LogP contribution in [0.15, 0.2) is 42.5 Å². The highest BCUT2D eigenvalue weighted by Gasteiger charge is 2.08. The minimum absolute atomic E-state index is 0.0376. The predicted octanol–water partition coefficient (Wildman–Crippen LogP) is 2.69. The molecular weight excluding hydrogens is 248 g/mol. The van der Waals surface area contributed by atoms with Crippen molar-refractivity contribution < 1.29 is 4.79 Å². The average Bonchev–Trinajstić information content (AvgIpc) is 2.47. The summed E-state index contributed by atoms with van der Waals surface area (Å²) in [5.74, 6) is -0.0376. The van der Waals surface area contributed by atoms with E-state index in [1.54, 1.807) is 0 Å². The Hall–Kier alpha value is -2.13. The molecule has 0 atom stereocenters. The molecule has 2 aromatic carbocycles. The van der Waals surface area contributed by atoms with Gasteiger partial charge in [0.2, 0.25) is 0 Å². The van der Waals surface area contributed by atoms with Gasteiger partial charge in [0.1, 0.15) is 0 Å². The van der Waals surface area contributed by atoms with E-state index in [2.05, 4.69) is 5.32 Å². The van der Waals surface area contributed by atoms with Crippen LogP contribution in [0.1, 0.15) is 32.6 Å². The summed E-state index contributed by atoms with van der Waals surface area (Å²) < 4.78 is 0. The number of rotatable bonds is 4. The van der Waals surface area contributed by atoms with E-state index in [9.17, 15) is 4.79 Å². The highest BCUT2D eigenvalue weighted by Crippen LogP contribution is 2.11. The van der Waals surface area contributed by atoms with Crippen molar-refractivity contribution in [2.75, 3.05) is 0 Å². The van der Waals surface area contributed by atoms with Crippen molar-refractivity contribution in [2.45, 2.75) is 26.9 Å². The van der Waals surface area contributed by atoms with Gasteiger partial charge in [0.25, 0.3) is 5.91 Å². The van der Waals surface area contributed by atoms with Gasteiger partial charge < -0.3 is 11.1 Å². The molecule has 0 radical (unpaired) electrons. The second kappa shape index (κ2) is 6.35. The van der Waals surface area contributed by atoms with Gasteiger partial charge in [-0.05, 0) is 36.6 Å². The number of hydrogen-bond acceptors (Lipinski definition) is 2. The van der Waals surface area contributed by atoms with Crippen LogP contribution in [0.4, 0.5) is 0 Å². The Kier molecular flexibility index (Phi) is 4.53. The summed E-state index contributed by atoms with van der Waals surface area (Å²) >= 11 is 0. The summed E-state index contributed by atoms with van der Waals surface area (Å²) in [5.41, 5.74) is 10.6. The fourth-order valence-corrected chi connectivity index (χ4v) is 2.12. The molecule has 0 saturated heterocycles. The van der Waals surface area contributed by atoms with Crippen LogP contribution in [0.3, 0.4) is 0 Å². The minimum Gasteiger partial charge on any atom is -0.348 e. The Bertz CT molecular complexity index is 620. The molecule has 0 saturated carbocycles. The summed E-state index contributed by atoms with van der Waals surface area (Å²) in [4.78, 5) is 12.2. The maximum Gasteiger partial charge on any atom is 0.251 e. The number of nitrogens with one attached hydrogen (secondary N) is 1. The molecule has 0 fully saturated rings. The van der Waals surface area contributed by atoms with Gasteiger partial charge in [-0.1, -0.05) is 42.0 Å². The topological polar surface area (TPSA) is 55.1 Å². The van der Waals surface area contributed by atoms with Gasteiger partial charge in [-0.25, -0.2) is 0 Å². The molecular formula is C17H20N2O. The van der Waals surface area contributed by atoms with E-state index in [1.165, 1.54) is 0 Å². The normalized spacial score (nSPS) is 10.3. The number of benzene rings is 2. The highest BCUT2D eigenvalue weighted by molar-refractivity contribution is 5.95. The van der Waals surface area contributed by atoms with Crippen molar-refractivity contribution in [1.29, 1.82) is 0 Å². The molecule has 2 aromatic rings. The van der Waals surface area contributed by atoms with Crippen LogP contribution in [0.25, 0.3) is 0 Å². The van der Waals surface area contributed by atoms with E-state index >= 15 is 0 Å². The third-order valence-corrected chi connectivity index (χ3v) is 3.32. The van der Waals surface area contributed by atoms with Gasteiger partial charge in [-0.2, -0.15) is 0 Å².